The molecule has 0 atom stereocenters. The van der Waals surface area contributed by atoms with Gasteiger partial charge in [0.2, 0.25) is 0 Å². The van der Waals surface area contributed by atoms with Gasteiger partial charge in [-0.3, -0.25) is 0 Å². The van der Waals surface area contributed by atoms with Crippen molar-refractivity contribution in [1.82, 2.24) is 4.98 Å². The molecule has 1 aromatic carbocycles. The molecular formula is C8H5Cl2NO2S2. The van der Waals surface area contributed by atoms with Gasteiger partial charge in [0.15, 0.2) is 0 Å². The molecule has 0 bridgehead atoms. The molecule has 2 aromatic rings. The summed E-state index contributed by atoms with van der Waals surface area (Å²) in [5, 5.41) is 0.952. The number of aromatic nitrogens is 1. The van der Waals surface area contributed by atoms with E-state index < -0.39 is 9.05 Å². The fourth-order valence-corrected chi connectivity index (χ4v) is 3.67. The molecule has 0 saturated carbocycles. The highest BCUT2D eigenvalue weighted by Crippen LogP contribution is 2.32. The van der Waals surface area contributed by atoms with Gasteiger partial charge in [-0.2, -0.15) is 0 Å². The van der Waals surface area contributed by atoms with Crippen LogP contribution in [0.4, 0.5) is 0 Å². The second kappa shape index (κ2) is 3.59. The number of halogens is 2. The van der Waals surface area contributed by atoms with Crippen LogP contribution < -0.4 is 0 Å². The number of fused-ring (bicyclic) bond motifs is 1. The minimum absolute atomic E-state index is 0.0676. The maximum Gasteiger partial charge on any atom is 0.262 e. The maximum atomic E-state index is 11.2. The number of aryl methyl sites for hydroxylation is 1. The van der Waals surface area contributed by atoms with Gasteiger partial charge in [0, 0.05) is 10.7 Å². The molecule has 0 unspecified atom stereocenters. The van der Waals surface area contributed by atoms with E-state index in [1.54, 1.807) is 0 Å². The predicted molar refractivity (Wildman–Crippen MR) is 62.4 cm³/mol. The third-order valence-electron chi connectivity index (χ3n) is 1.81. The van der Waals surface area contributed by atoms with E-state index in [0.717, 1.165) is 9.71 Å². The highest BCUT2D eigenvalue weighted by molar-refractivity contribution is 8.13. The molecule has 1 aromatic heterocycles. The van der Waals surface area contributed by atoms with Gasteiger partial charge in [0.05, 0.1) is 20.2 Å². The molecule has 80 valence electrons. The Balaban J connectivity index is 2.83. The first-order chi connectivity index (χ1) is 6.88. The maximum absolute atomic E-state index is 11.2. The van der Waals surface area contributed by atoms with Crippen LogP contribution >= 0.6 is 33.6 Å². The molecule has 0 radical (unpaired) electrons. The van der Waals surface area contributed by atoms with Crippen molar-refractivity contribution in [3.05, 3.63) is 22.2 Å². The van der Waals surface area contributed by atoms with Gasteiger partial charge < -0.3 is 0 Å². The van der Waals surface area contributed by atoms with Crippen LogP contribution in [-0.2, 0) is 9.05 Å². The lowest BCUT2D eigenvalue weighted by Crippen LogP contribution is -1.91. The molecule has 0 fully saturated rings. The van der Waals surface area contributed by atoms with Crippen molar-refractivity contribution in [2.75, 3.05) is 0 Å². The summed E-state index contributed by atoms with van der Waals surface area (Å²) in [6.45, 7) is 1.84. The van der Waals surface area contributed by atoms with Crippen molar-refractivity contribution < 1.29 is 8.42 Å². The van der Waals surface area contributed by atoms with Gasteiger partial charge in [-0.15, -0.1) is 11.3 Å². The molecule has 0 N–H and O–H groups in total. The van der Waals surface area contributed by atoms with Crippen molar-refractivity contribution in [3.8, 4) is 0 Å². The zero-order valence-electron chi connectivity index (χ0n) is 7.49. The zero-order chi connectivity index (χ0) is 11.2. The van der Waals surface area contributed by atoms with E-state index in [1.807, 2.05) is 6.92 Å². The van der Waals surface area contributed by atoms with Gasteiger partial charge in [0.1, 0.15) is 4.90 Å². The lowest BCUT2D eigenvalue weighted by molar-refractivity contribution is 0.610. The first-order valence-corrected chi connectivity index (χ1v) is 7.39. The Labute approximate surface area is 100 Å². The Morgan fingerprint density at radius 1 is 1.40 bits per heavy atom. The summed E-state index contributed by atoms with van der Waals surface area (Å²) >= 11 is 7.20. The number of hydrogen-bond acceptors (Lipinski definition) is 4. The lowest BCUT2D eigenvalue weighted by Gasteiger charge is -1.98. The molecular weight excluding hydrogens is 277 g/mol. The van der Waals surface area contributed by atoms with Crippen molar-refractivity contribution >= 4 is 52.9 Å². The van der Waals surface area contributed by atoms with Crippen LogP contribution in [0, 0.1) is 6.92 Å². The van der Waals surface area contributed by atoms with Crippen molar-refractivity contribution in [2.45, 2.75) is 11.8 Å². The summed E-state index contributed by atoms with van der Waals surface area (Å²) in [6.07, 6.45) is 0. The fraction of sp³-hybridized carbons (Fsp3) is 0.125. The fourth-order valence-electron chi connectivity index (χ4n) is 1.23. The van der Waals surface area contributed by atoms with E-state index in [9.17, 15) is 8.42 Å². The van der Waals surface area contributed by atoms with Crippen LogP contribution in [0.3, 0.4) is 0 Å². The summed E-state index contributed by atoms with van der Waals surface area (Å²) < 4.78 is 23.1. The molecule has 2 rings (SSSR count). The molecule has 3 nitrogen and oxygen atoms in total. The van der Waals surface area contributed by atoms with E-state index in [1.165, 1.54) is 23.5 Å². The van der Waals surface area contributed by atoms with Crippen LogP contribution in [0.25, 0.3) is 10.2 Å². The second-order valence-electron chi connectivity index (χ2n) is 2.92. The molecule has 0 saturated heterocycles. The molecule has 0 aliphatic rings. The van der Waals surface area contributed by atoms with Crippen LogP contribution in [0.15, 0.2) is 17.0 Å². The summed E-state index contributed by atoms with van der Waals surface area (Å²) in [6, 6.07) is 2.96. The third-order valence-corrected chi connectivity index (χ3v) is 4.53. The summed E-state index contributed by atoms with van der Waals surface area (Å²) in [4.78, 5) is 4.13. The van der Waals surface area contributed by atoms with Crippen molar-refractivity contribution in [1.29, 1.82) is 0 Å². The predicted octanol–water partition coefficient (Wildman–Crippen LogP) is 3.19. The number of hydrogen-bond donors (Lipinski definition) is 0. The van der Waals surface area contributed by atoms with E-state index in [4.69, 9.17) is 22.3 Å². The lowest BCUT2D eigenvalue weighted by atomic mass is 10.3. The molecule has 0 amide bonds. The minimum atomic E-state index is -3.80. The minimum Gasteiger partial charge on any atom is -0.241 e. The molecule has 0 spiro atoms. The van der Waals surface area contributed by atoms with Gasteiger partial charge in [-0.05, 0) is 19.1 Å². The molecule has 7 heteroatoms. The van der Waals surface area contributed by atoms with Gasteiger partial charge >= 0.3 is 0 Å². The SMILES string of the molecule is Cc1nc2cc(Cl)c(S(=O)(=O)Cl)cc2s1. The average molecular weight is 282 g/mol. The Morgan fingerprint density at radius 2 is 2.07 bits per heavy atom. The highest BCUT2D eigenvalue weighted by Gasteiger charge is 2.16. The topological polar surface area (TPSA) is 47.0 Å². The molecule has 15 heavy (non-hydrogen) atoms. The first kappa shape index (κ1) is 11.1. The number of benzene rings is 1. The number of rotatable bonds is 1. The molecule has 1 heterocycles. The highest BCUT2D eigenvalue weighted by atomic mass is 35.7. The number of thiazole rings is 1. The van der Waals surface area contributed by atoms with Crippen LogP contribution in [0.5, 0.6) is 0 Å². The smallest absolute Gasteiger partial charge is 0.241 e. The van der Waals surface area contributed by atoms with Gasteiger partial charge in [-0.1, -0.05) is 11.6 Å². The van der Waals surface area contributed by atoms with Crippen LogP contribution in [0.2, 0.25) is 5.02 Å². The Bertz CT molecular complexity index is 633. The summed E-state index contributed by atoms with van der Waals surface area (Å²) in [7, 11) is 1.45. The van der Waals surface area contributed by atoms with Crippen LogP contribution in [-0.4, -0.2) is 13.4 Å². The van der Waals surface area contributed by atoms with E-state index in [2.05, 4.69) is 4.98 Å². The second-order valence-corrected chi connectivity index (χ2v) is 7.10. The summed E-state index contributed by atoms with van der Waals surface area (Å²) in [5.74, 6) is 0. The zero-order valence-corrected chi connectivity index (χ0v) is 10.6. The average Bonchev–Trinajstić information content (AvgIpc) is 2.40. The monoisotopic (exact) mass is 281 g/mol. The Hall–Kier alpha value is -0.360. The van der Waals surface area contributed by atoms with Crippen LogP contribution in [0.1, 0.15) is 5.01 Å². The molecule has 0 aliphatic carbocycles. The quantitative estimate of drug-likeness (QED) is 0.755. The first-order valence-electron chi connectivity index (χ1n) is 3.89. The van der Waals surface area contributed by atoms with E-state index in [-0.39, 0.29) is 9.92 Å². The normalized spacial score (nSPS) is 12.2. The largest absolute Gasteiger partial charge is 0.262 e. The van der Waals surface area contributed by atoms with Gasteiger partial charge in [0.25, 0.3) is 9.05 Å². The third kappa shape index (κ3) is 2.10. The number of nitrogens with zero attached hydrogens (tertiary/aromatic N) is 1. The van der Waals surface area contributed by atoms with Gasteiger partial charge in [-0.25, -0.2) is 13.4 Å². The summed E-state index contributed by atoms with van der Waals surface area (Å²) in [5.41, 5.74) is 0.687. The van der Waals surface area contributed by atoms with E-state index >= 15 is 0 Å². The Kier molecular flexibility index (Phi) is 2.66. The molecule has 0 aliphatic heterocycles. The van der Waals surface area contributed by atoms with Crippen molar-refractivity contribution in [3.63, 3.8) is 0 Å². The van der Waals surface area contributed by atoms with E-state index in [0.29, 0.717) is 5.52 Å². The Morgan fingerprint density at radius 3 is 2.67 bits per heavy atom. The van der Waals surface area contributed by atoms with Crippen molar-refractivity contribution in [2.24, 2.45) is 0 Å². The standard InChI is InChI=1S/C8H5Cl2NO2S2/c1-4-11-6-2-5(9)8(15(10,12)13)3-7(6)14-4/h2-3H,1H3.